The molecule has 0 aliphatic heterocycles. The Morgan fingerprint density at radius 2 is 1.96 bits per heavy atom. The van der Waals surface area contributed by atoms with Crippen LogP contribution in [0, 0.1) is 6.92 Å². The number of hydrogen-bond acceptors (Lipinski definition) is 4. The Bertz CT molecular complexity index is 963. The van der Waals surface area contributed by atoms with Gasteiger partial charge in [-0.1, -0.05) is 23.8 Å². The summed E-state index contributed by atoms with van der Waals surface area (Å²) in [7, 11) is 3.43. The molecule has 1 aromatic heterocycles. The van der Waals surface area contributed by atoms with Gasteiger partial charge in [0.2, 0.25) is 5.91 Å². The van der Waals surface area contributed by atoms with Gasteiger partial charge in [0.25, 0.3) is 0 Å². The zero-order valence-corrected chi connectivity index (χ0v) is 16.5. The number of nitrogens with zero attached hydrogens (tertiary/aromatic N) is 4. The number of benzene rings is 2. The van der Waals surface area contributed by atoms with E-state index in [9.17, 15) is 4.79 Å². The molecule has 0 saturated carbocycles. The van der Waals surface area contributed by atoms with Gasteiger partial charge in [0, 0.05) is 18.7 Å². The molecule has 1 unspecified atom stereocenters. The first-order valence-corrected chi connectivity index (χ1v) is 9.04. The van der Waals surface area contributed by atoms with Crippen molar-refractivity contribution < 1.29 is 9.53 Å². The molecule has 2 aromatic carbocycles. The molecule has 0 bridgehead atoms. The Morgan fingerprint density at radius 1 is 1.21 bits per heavy atom. The van der Waals surface area contributed by atoms with Gasteiger partial charge in [-0.15, -0.1) is 0 Å². The summed E-state index contributed by atoms with van der Waals surface area (Å²) >= 11 is 0. The molecular weight excluding hydrogens is 352 g/mol. The third-order valence-corrected chi connectivity index (χ3v) is 4.78. The summed E-state index contributed by atoms with van der Waals surface area (Å²) in [6.07, 6.45) is 6.53. The molecule has 1 heterocycles. The molecule has 0 radical (unpaired) electrons. The van der Waals surface area contributed by atoms with Crippen LogP contribution in [-0.4, -0.2) is 39.7 Å². The first kappa shape index (κ1) is 19.4. The summed E-state index contributed by atoms with van der Waals surface area (Å²) in [6, 6.07) is 13.7. The smallest absolute Gasteiger partial charge is 0.246 e. The molecule has 0 fully saturated rings. The van der Waals surface area contributed by atoms with Crippen LogP contribution in [0.15, 0.2) is 61.2 Å². The maximum absolute atomic E-state index is 12.6. The molecule has 1 amide bonds. The minimum atomic E-state index is -0.0728. The lowest BCUT2D eigenvalue weighted by Gasteiger charge is -2.24. The molecule has 28 heavy (non-hydrogen) atoms. The SMILES string of the molecule is COc1ccc(C)cc1/C=C/C(=O)N(C)C(C)c1ccc(-n2cncn2)cc1. The maximum Gasteiger partial charge on any atom is 0.246 e. The first-order chi connectivity index (χ1) is 13.5. The van der Waals surface area contributed by atoms with Crippen LogP contribution in [0.2, 0.25) is 0 Å². The highest BCUT2D eigenvalue weighted by molar-refractivity contribution is 5.92. The summed E-state index contributed by atoms with van der Waals surface area (Å²) in [5, 5.41) is 4.12. The van der Waals surface area contributed by atoms with Gasteiger partial charge in [0.15, 0.2) is 0 Å². The average Bonchev–Trinajstić information content (AvgIpc) is 3.26. The van der Waals surface area contributed by atoms with E-state index in [2.05, 4.69) is 10.1 Å². The average molecular weight is 376 g/mol. The number of rotatable bonds is 6. The third kappa shape index (κ3) is 4.28. The number of hydrogen-bond donors (Lipinski definition) is 0. The van der Waals surface area contributed by atoms with Crippen LogP contribution in [-0.2, 0) is 4.79 Å². The van der Waals surface area contributed by atoms with Crippen molar-refractivity contribution in [2.24, 2.45) is 0 Å². The summed E-state index contributed by atoms with van der Waals surface area (Å²) in [6.45, 7) is 4.01. The highest BCUT2D eigenvalue weighted by atomic mass is 16.5. The van der Waals surface area contributed by atoms with Crippen LogP contribution in [0.25, 0.3) is 11.8 Å². The summed E-state index contributed by atoms with van der Waals surface area (Å²) in [5.74, 6) is 0.672. The summed E-state index contributed by atoms with van der Waals surface area (Å²) in [4.78, 5) is 18.3. The predicted molar refractivity (Wildman–Crippen MR) is 109 cm³/mol. The molecule has 0 spiro atoms. The Kier molecular flexibility index (Phi) is 5.89. The Labute approximate surface area is 165 Å². The number of carbonyl (C=O) groups excluding carboxylic acids is 1. The van der Waals surface area contributed by atoms with Gasteiger partial charge in [0.1, 0.15) is 18.4 Å². The molecule has 0 N–H and O–H groups in total. The van der Waals surface area contributed by atoms with Crippen molar-refractivity contribution in [2.45, 2.75) is 19.9 Å². The second-order valence-corrected chi connectivity index (χ2v) is 6.64. The fourth-order valence-corrected chi connectivity index (χ4v) is 2.92. The first-order valence-electron chi connectivity index (χ1n) is 9.04. The number of methoxy groups -OCH3 is 1. The minimum absolute atomic E-state index is 0.0682. The maximum atomic E-state index is 12.6. The van der Waals surface area contributed by atoms with E-state index in [4.69, 9.17) is 4.74 Å². The van der Waals surface area contributed by atoms with E-state index in [1.54, 1.807) is 42.2 Å². The van der Waals surface area contributed by atoms with E-state index >= 15 is 0 Å². The van der Waals surface area contributed by atoms with Gasteiger partial charge in [0.05, 0.1) is 18.8 Å². The number of amides is 1. The van der Waals surface area contributed by atoms with Crippen molar-refractivity contribution in [1.82, 2.24) is 19.7 Å². The fraction of sp³-hybridized carbons (Fsp3) is 0.227. The molecule has 6 nitrogen and oxygen atoms in total. The van der Waals surface area contributed by atoms with Gasteiger partial charge in [-0.2, -0.15) is 5.10 Å². The van der Waals surface area contributed by atoms with Crippen LogP contribution >= 0.6 is 0 Å². The number of ether oxygens (including phenoxy) is 1. The summed E-state index contributed by atoms with van der Waals surface area (Å²) < 4.78 is 7.06. The van der Waals surface area contributed by atoms with Crippen molar-refractivity contribution in [1.29, 1.82) is 0 Å². The van der Waals surface area contributed by atoms with E-state index in [0.717, 1.165) is 28.1 Å². The Morgan fingerprint density at radius 3 is 2.61 bits per heavy atom. The predicted octanol–water partition coefficient (Wildman–Crippen LogP) is 3.82. The topological polar surface area (TPSA) is 60.2 Å². The van der Waals surface area contributed by atoms with Crippen LogP contribution < -0.4 is 4.74 Å². The molecule has 3 aromatic rings. The molecular formula is C22H24N4O2. The number of carbonyl (C=O) groups is 1. The molecule has 0 aliphatic rings. The van der Waals surface area contributed by atoms with Crippen LogP contribution in [0.5, 0.6) is 5.75 Å². The van der Waals surface area contributed by atoms with Gasteiger partial charge < -0.3 is 9.64 Å². The normalized spacial score (nSPS) is 12.1. The zero-order chi connectivity index (χ0) is 20.1. The lowest BCUT2D eigenvalue weighted by atomic mass is 10.1. The lowest BCUT2D eigenvalue weighted by Crippen LogP contribution is -2.28. The molecule has 144 valence electrons. The quantitative estimate of drug-likeness (QED) is 0.614. The van der Waals surface area contributed by atoms with Gasteiger partial charge >= 0.3 is 0 Å². The zero-order valence-electron chi connectivity index (χ0n) is 16.5. The van der Waals surface area contributed by atoms with Crippen molar-refractivity contribution in [3.05, 3.63) is 77.9 Å². The van der Waals surface area contributed by atoms with Crippen molar-refractivity contribution in [3.63, 3.8) is 0 Å². The lowest BCUT2D eigenvalue weighted by molar-refractivity contribution is -0.126. The largest absolute Gasteiger partial charge is 0.496 e. The van der Waals surface area contributed by atoms with Crippen LogP contribution in [0.3, 0.4) is 0 Å². The Hall–Kier alpha value is -3.41. The Balaban J connectivity index is 1.71. The number of likely N-dealkylation sites (N-methyl/N-ethyl adjacent to an activating group) is 1. The monoisotopic (exact) mass is 376 g/mol. The van der Waals surface area contributed by atoms with Gasteiger partial charge in [-0.3, -0.25) is 4.79 Å². The third-order valence-electron chi connectivity index (χ3n) is 4.78. The molecule has 0 aliphatic carbocycles. The molecule has 1 atom stereocenters. The standard InChI is InChI=1S/C22H24N4O2/c1-16-5-11-21(28-4)19(13-16)8-12-22(27)25(3)17(2)18-6-9-20(10-7-18)26-15-23-14-24-26/h5-15,17H,1-4H3/b12-8+. The van der Waals surface area contributed by atoms with Crippen molar-refractivity contribution >= 4 is 12.0 Å². The van der Waals surface area contributed by atoms with E-state index in [0.29, 0.717) is 0 Å². The van der Waals surface area contributed by atoms with Crippen molar-refractivity contribution in [2.75, 3.05) is 14.2 Å². The second-order valence-electron chi connectivity index (χ2n) is 6.64. The molecule has 0 saturated heterocycles. The van der Waals surface area contributed by atoms with E-state index < -0.39 is 0 Å². The molecule has 6 heteroatoms. The van der Waals surface area contributed by atoms with E-state index in [1.807, 2.05) is 56.3 Å². The molecule has 3 rings (SSSR count). The number of aryl methyl sites for hydroxylation is 1. The second kappa shape index (κ2) is 8.52. The van der Waals surface area contributed by atoms with Gasteiger partial charge in [-0.05, 0) is 49.8 Å². The highest BCUT2D eigenvalue weighted by Crippen LogP contribution is 2.23. The summed E-state index contributed by atoms with van der Waals surface area (Å²) in [5.41, 5.74) is 3.96. The van der Waals surface area contributed by atoms with Crippen LogP contribution in [0.4, 0.5) is 0 Å². The van der Waals surface area contributed by atoms with Crippen LogP contribution in [0.1, 0.15) is 29.7 Å². The van der Waals surface area contributed by atoms with Crippen molar-refractivity contribution in [3.8, 4) is 11.4 Å². The van der Waals surface area contributed by atoms with E-state index in [-0.39, 0.29) is 11.9 Å². The fourth-order valence-electron chi connectivity index (χ4n) is 2.92. The highest BCUT2D eigenvalue weighted by Gasteiger charge is 2.15. The van der Waals surface area contributed by atoms with Gasteiger partial charge in [-0.25, -0.2) is 9.67 Å². The number of aromatic nitrogens is 3. The minimum Gasteiger partial charge on any atom is -0.496 e. The van der Waals surface area contributed by atoms with E-state index in [1.165, 1.54) is 6.33 Å².